The lowest BCUT2D eigenvalue weighted by atomic mass is 10.1. The lowest BCUT2D eigenvalue weighted by molar-refractivity contribution is 0.300. The zero-order valence-corrected chi connectivity index (χ0v) is 10.5. The van der Waals surface area contributed by atoms with Crippen molar-refractivity contribution < 1.29 is 4.74 Å². The van der Waals surface area contributed by atoms with Crippen molar-refractivity contribution in [1.82, 2.24) is 5.43 Å². The predicted molar refractivity (Wildman–Crippen MR) is 73.0 cm³/mol. The summed E-state index contributed by atoms with van der Waals surface area (Å²) in [6.07, 6.45) is 0. The maximum atomic E-state index is 5.85. The van der Waals surface area contributed by atoms with Crippen LogP contribution in [-0.2, 0) is 6.61 Å². The van der Waals surface area contributed by atoms with Crippen molar-refractivity contribution in [3.05, 3.63) is 65.7 Å². The second-order valence-electron chi connectivity index (χ2n) is 4.20. The molecule has 0 heterocycles. The zero-order chi connectivity index (χ0) is 12.8. The lowest BCUT2D eigenvalue weighted by Crippen LogP contribution is -2.26. The molecule has 2 rings (SSSR count). The molecule has 3 N–H and O–H groups in total. The van der Waals surface area contributed by atoms with E-state index >= 15 is 0 Å². The summed E-state index contributed by atoms with van der Waals surface area (Å²) in [6.45, 7) is 2.57. The summed E-state index contributed by atoms with van der Waals surface area (Å²) < 4.78 is 5.85. The number of nitrogens with one attached hydrogen (secondary N) is 1. The van der Waals surface area contributed by atoms with Gasteiger partial charge in [-0.3, -0.25) is 11.3 Å². The largest absolute Gasteiger partial charge is 0.489 e. The maximum Gasteiger partial charge on any atom is 0.124 e. The van der Waals surface area contributed by atoms with Gasteiger partial charge in [-0.15, -0.1) is 0 Å². The molecule has 1 unspecified atom stereocenters. The molecule has 2 aromatic carbocycles. The highest BCUT2D eigenvalue weighted by atomic mass is 16.5. The third-order valence-corrected chi connectivity index (χ3v) is 2.87. The van der Waals surface area contributed by atoms with Gasteiger partial charge in [0.1, 0.15) is 12.4 Å². The van der Waals surface area contributed by atoms with Gasteiger partial charge in [0.2, 0.25) is 0 Å². The molecule has 0 saturated carbocycles. The van der Waals surface area contributed by atoms with Crippen LogP contribution in [0.4, 0.5) is 0 Å². The molecule has 0 aliphatic rings. The highest BCUT2D eigenvalue weighted by Crippen LogP contribution is 2.24. The van der Waals surface area contributed by atoms with Gasteiger partial charge in [0, 0.05) is 11.6 Å². The van der Waals surface area contributed by atoms with Crippen molar-refractivity contribution in [1.29, 1.82) is 0 Å². The average molecular weight is 242 g/mol. The second-order valence-corrected chi connectivity index (χ2v) is 4.20. The molecular formula is C15H18N2O. The van der Waals surface area contributed by atoms with Gasteiger partial charge in [0.15, 0.2) is 0 Å². The van der Waals surface area contributed by atoms with Gasteiger partial charge in [0.25, 0.3) is 0 Å². The van der Waals surface area contributed by atoms with Gasteiger partial charge >= 0.3 is 0 Å². The fourth-order valence-electron chi connectivity index (χ4n) is 1.79. The Kier molecular flexibility index (Phi) is 4.34. The van der Waals surface area contributed by atoms with Crippen molar-refractivity contribution in [3.8, 4) is 5.75 Å². The van der Waals surface area contributed by atoms with Gasteiger partial charge < -0.3 is 4.74 Å². The van der Waals surface area contributed by atoms with Crippen LogP contribution in [0.25, 0.3) is 0 Å². The molecule has 0 radical (unpaired) electrons. The van der Waals surface area contributed by atoms with Crippen molar-refractivity contribution in [2.24, 2.45) is 5.84 Å². The van der Waals surface area contributed by atoms with E-state index in [0.717, 1.165) is 16.9 Å². The van der Waals surface area contributed by atoms with Crippen LogP contribution in [-0.4, -0.2) is 0 Å². The van der Waals surface area contributed by atoms with Crippen molar-refractivity contribution in [3.63, 3.8) is 0 Å². The van der Waals surface area contributed by atoms with Crippen LogP contribution in [0.1, 0.15) is 24.1 Å². The van der Waals surface area contributed by atoms with E-state index in [1.165, 1.54) is 0 Å². The van der Waals surface area contributed by atoms with E-state index in [4.69, 9.17) is 10.6 Å². The molecule has 0 spiro atoms. The number of para-hydroxylation sites is 1. The first-order valence-corrected chi connectivity index (χ1v) is 6.03. The first-order chi connectivity index (χ1) is 8.81. The van der Waals surface area contributed by atoms with Gasteiger partial charge in [0.05, 0.1) is 0 Å². The minimum atomic E-state index is 0.0666. The summed E-state index contributed by atoms with van der Waals surface area (Å²) in [6, 6.07) is 18.1. The second kappa shape index (κ2) is 6.19. The Bertz CT molecular complexity index is 485. The molecule has 0 aliphatic carbocycles. The van der Waals surface area contributed by atoms with Gasteiger partial charge in [-0.1, -0.05) is 48.5 Å². The van der Waals surface area contributed by atoms with E-state index in [0.29, 0.717) is 6.61 Å². The van der Waals surface area contributed by atoms with Crippen LogP contribution < -0.4 is 16.0 Å². The van der Waals surface area contributed by atoms with Crippen LogP contribution in [0.3, 0.4) is 0 Å². The molecule has 0 amide bonds. The SMILES string of the molecule is CC(NN)c1ccccc1OCc1ccccc1. The third-order valence-electron chi connectivity index (χ3n) is 2.87. The average Bonchev–Trinajstić information content (AvgIpc) is 2.45. The van der Waals surface area contributed by atoms with Crippen LogP contribution in [0.5, 0.6) is 5.75 Å². The number of benzene rings is 2. The normalized spacial score (nSPS) is 12.1. The highest BCUT2D eigenvalue weighted by molar-refractivity contribution is 5.35. The summed E-state index contributed by atoms with van der Waals surface area (Å²) in [7, 11) is 0. The monoisotopic (exact) mass is 242 g/mol. The first kappa shape index (κ1) is 12.6. The Labute approximate surface area is 108 Å². The summed E-state index contributed by atoms with van der Waals surface area (Å²) >= 11 is 0. The van der Waals surface area contributed by atoms with Crippen LogP contribution in [0.15, 0.2) is 54.6 Å². The fourth-order valence-corrected chi connectivity index (χ4v) is 1.79. The van der Waals surface area contributed by atoms with E-state index in [1.807, 2.05) is 61.5 Å². The van der Waals surface area contributed by atoms with E-state index in [9.17, 15) is 0 Å². The van der Waals surface area contributed by atoms with Crippen molar-refractivity contribution in [2.45, 2.75) is 19.6 Å². The molecule has 3 nitrogen and oxygen atoms in total. The topological polar surface area (TPSA) is 47.3 Å². The molecule has 0 aliphatic heterocycles. The number of ether oxygens (including phenoxy) is 1. The Morgan fingerprint density at radius 1 is 1.06 bits per heavy atom. The molecule has 1 atom stereocenters. The Morgan fingerprint density at radius 2 is 1.72 bits per heavy atom. The van der Waals surface area contributed by atoms with Gasteiger partial charge in [-0.25, -0.2) is 0 Å². The Balaban J connectivity index is 2.10. The maximum absolute atomic E-state index is 5.85. The minimum Gasteiger partial charge on any atom is -0.489 e. The first-order valence-electron chi connectivity index (χ1n) is 6.03. The van der Waals surface area contributed by atoms with E-state index in [1.54, 1.807) is 0 Å². The molecule has 0 fully saturated rings. The van der Waals surface area contributed by atoms with Gasteiger partial charge in [-0.05, 0) is 18.6 Å². The highest BCUT2D eigenvalue weighted by Gasteiger charge is 2.09. The Morgan fingerprint density at radius 3 is 2.44 bits per heavy atom. The summed E-state index contributed by atoms with van der Waals surface area (Å²) in [5, 5.41) is 0. The zero-order valence-electron chi connectivity index (χ0n) is 10.5. The quantitative estimate of drug-likeness (QED) is 0.626. The van der Waals surface area contributed by atoms with Crippen LogP contribution >= 0.6 is 0 Å². The molecule has 0 aromatic heterocycles. The number of hydrogen-bond acceptors (Lipinski definition) is 3. The standard InChI is InChI=1S/C15H18N2O/c1-12(17-16)14-9-5-6-10-15(14)18-11-13-7-3-2-4-8-13/h2-10,12,17H,11,16H2,1H3. The molecule has 2 aromatic rings. The number of hydrogen-bond donors (Lipinski definition) is 2. The summed E-state index contributed by atoms with van der Waals surface area (Å²) in [5.41, 5.74) is 4.96. The predicted octanol–water partition coefficient (Wildman–Crippen LogP) is 2.79. The Hall–Kier alpha value is -1.84. The number of nitrogens with two attached hydrogens (primary N) is 1. The molecule has 3 heteroatoms. The smallest absolute Gasteiger partial charge is 0.124 e. The van der Waals surface area contributed by atoms with E-state index in [2.05, 4.69) is 5.43 Å². The molecule has 0 bridgehead atoms. The van der Waals surface area contributed by atoms with Crippen LogP contribution in [0.2, 0.25) is 0 Å². The molecular weight excluding hydrogens is 224 g/mol. The van der Waals surface area contributed by atoms with E-state index < -0.39 is 0 Å². The number of rotatable bonds is 5. The fraction of sp³-hybridized carbons (Fsp3) is 0.200. The van der Waals surface area contributed by atoms with E-state index in [-0.39, 0.29) is 6.04 Å². The van der Waals surface area contributed by atoms with Crippen molar-refractivity contribution in [2.75, 3.05) is 0 Å². The van der Waals surface area contributed by atoms with Gasteiger partial charge in [-0.2, -0.15) is 0 Å². The summed E-state index contributed by atoms with van der Waals surface area (Å²) in [5.74, 6) is 6.34. The molecule has 94 valence electrons. The number of hydrazine groups is 1. The summed E-state index contributed by atoms with van der Waals surface area (Å²) in [4.78, 5) is 0. The minimum absolute atomic E-state index is 0.0666. The van der Waals surface area contributed by atoms with Crippen molar-refractivity contribution >= 4 is 0 Å². The third kappa shape index (κ3) is 3.09. The molecule has 0 saturated heterocycles. The van der Waals surface area contributed by atoms with Crippen LogP contribution in [0, 0.1) is 0 Å². The molecule has 18 heavy (non-hydrogen) atoms. The lowest BCUT2D eigenvalue weighted by Gasteiger charge is -2.16.